The zero-order valence-electron chi connectivity index (χ0n) is 27.7. The Morgan fingerprint density at radius 1 is 0.320 bits per heavy atom. The van der Waals surface area contributed by atoms with Gasteiger partial charge in [-0.05, 0) is 86.5 Å². The highest BCUT2D eigenvalue weighted by Crippen LogP contribution is 2.59. The lowest BCUT2D eigenvalue weighted by molar-refractivity contribution is 0.768. The van der Waals surface area contributed by atoms with Gasteiger partial charge in [0.1, 0.15) is 0 Å². The molecule has 0 spiro atoms. The summed E-state index contributed by atoms with van der Waals surface area (Å²) in [6.45, 7) is 0. The Kier molecular flexibility index (Phi) is 7.44. The predicted molar refractivity (Wildman–Crippen MR) is 209 cm³/mol. The average Bonchev–Trinajstić information content (AvgIpc) is 3.51. The summed E-state index contributed by atoms with van der Waals surface area (Å²) >= 11 is 0. The number of hydrogen-bond donors (Lipinski definition) is 0. The zero-order chi connectivity index (χ0) is 33.3. The van der Waals surface area contributed by atoms with Crippen LogP contribution in [-0.2, 0) is 5.41 Å². The second-order valence-electron chi connectivity index (χ2n) is 12.9. The van der Waals surface area contributed by atoms with E-state index in [1.54, 1.807) is 0 Å². The van der Waals surface area contributed by atoms with Gasteiger partial charge in [-0.25, -0.2) is 0 Å². The Labute approximate surface area is 294 Å². The minimum Gasteiger partial charge on any atom is -0.310 e. The van der Waals surface area contributed by atoms with E-state index in [0.29, 0.717) is 0 Å². The molecule has 1 heteroatoms. The molecular weight excluding hydrogens is 603 g/mol. The van der Waals surface area contributed by atoms with Gasteiger partial charge in [0.25, 0.3) is 0 Å². The molecule has 0 radical (unpaired) electrons. The van der Waals surface area contributed by atoms with E-state index in [1.807, 2.05) is 0 Å². The molecule has 0 aromatic heterocycles. The van der Waals surface area contributed by atoms with Gasteiger partial charge >= 0.3 is 0 Å². The second-order valence-corrected chi connectivity index (χ2v) is 12.9. The van der Waals surface area contributed by atoms with E-state index in [4.69, 9.17) is 0 Å². The molecular formula is C49H35N. The molecule has 0 unspecified atom stereocenters. The molecule has 0 saturated heterocycles. The van der Waals surface area contributed by atoms with Crippen molar-refractivity contribution in [3.8, 4) is 33.4 Å². The van der Waals surface area contributed by atoms with Gasteiger partial charge in [-0.3, -0.25) is 0 Å². The number of hydrogen-bond acceptors (Lipinski definition) is 1. The maximum absolute atomic E-state index is 2.46. The topological polar surface area (TPSA) is 3.24 Å². The molecule has 0 bridgehead atoms. The highest BCUT2D eigenvalue weighted by molar-refractivity contribution is 5.98. The third-order valence-electron chi connectivity index (χ3n) is 10.1. The average molecular weight is 638 g/mol. The van der Waals surface area contributed by atoms with Gasteiger partial charge in [-0.15, -0.1) is 0 Å². The van der Waals surface area contributed by atoms with E-state index >= 15 is 0 Å². The molecule has 9 rings (SSSR count). The smallest absolute Gasteiger partial charge is 0.0714 e. The van der Waals surface area contributed by atoms with Crippen molar-refractivity contribution >= 4 is 17.1 Å². The maximum Gasteiger partial charge on any atom is 0.0714 e. The van der Waals surface area contributed by atoms with Crippen LogP contribution in [0.3, 0.4) is 0 Å². The van der Waals surface area contributed by atoms with E-state index in [-0.39, 0.29) is 0 Å². The summed E-state index contributed by atoms with van der Waals surface area (Å²) in [7, 11) is 0. The molecule has 50 heavy (non-hydrogen) atoms. The first-order valence-electron chi connectivity index (χ1n) is 17.3. The number of fused-ring (bicyclic) bond motifs is 3. The monoisotopic (exact) mass is 637 g/mol. The Morgan fingerprint density at radius 3 is 1.34 bits per heavy atom. The molecule has 0 amide bonds. The van der Waals surface area contributed by atoms with Crippen molar-refractivity contribution in [2.45, 2.75) is 5.41 Å². The largest absolute Gasteiger partial charge is 0.310 e. The molecule has 0 aliphatic heterocycles. The van der Waals surface area contributed by atoms with Gasteiger partial charge in [-0.2, -0.15) is 0 Å². The van der Waals surface area contributed by atoms with Crippen molar-refractivity contribution < 1.29 is 0 Å². The summed E-state index contributed by atoms with van der Waals surface area (Å²) in [5, 5.41) is 0. The van der Waals surface area contributed by atoms with E-state index in [9.17, 15) is 0 Å². The molecule has 0 atom stereocenters. The van der Waals surface area contributed by atoms with Gasteiger partial charge < -0.3 is 4.90 Å². The van der Waals surface area contributed by atoms with Crippen LogP contribution in [0.15, 0.2) is 212 Å². The third kappa shape index (κ3) is 4.86. The SMILES string of the molecule is c1ccc(-c2cc(-c3ccccc3)cc(N(c3ccccc3)c3cccc4c3-c3ccccc3C4(c3ccccc3)c3ccccc3)c2)cc1. The van der Waals surface area contributed by atoms with Gasteiger partial charge in [0.05, 0.1) is 11.1 Å². The van der Waals surface area contributed by atoms with Crippen molar-refractivity contribution in [2.75, 3.05) is 4.90 Å². The van der Waals surface area contributed by atoms with Crippen LogP contribution in [0.2, 0.25) is 0 Å². The predicted octanol–water partition coefficient (Wildman–Crippen LogP) is 12.9. The number of para-hydroxylation sites is 1. The summed E-state index contributed by atoms with van der Waals surface area (Å²) in [5.41, 5.74) is 15.3. The Bertz CT molecular complexity index is 2300. The molecule has 1 aliphatic rings. The second kappa shape index (κ2) is 12.5. The lowest BCUT2D eigenvalue weighted by Crippen LogP contribution is -2.28. The van der Waals surface area contributed by atoms with Gasteiger partial charge in [-0.1, -0.05) is 176 Å². The Hall–Kier alpha value is -6.44. The molecule has 0 fully saturated rings. The maximum atomic E-state index is 2.46. The molecule has 0 heterocycles. The van der Waals surface area contributed by atoms with Crippen LogP contribution in [0.1, 0.15) is 22.3 Å². The van der Waals surface area contributed by atoms with Gasteiger partial charge in [0, 0.05) is 16.9 Å². The molecule has 8 aromatic rings. The molecule has 0 N–H and O–H groups in total. The summed E-state index contributed by atoms with van der Waals surface area (Å²) in [6.07, 6.45) is 0. The highest BCUT2D eigenvalue weighted by atomic mass is 15.1. The number of anilines is 3. The van der Waals surface area contributed by atoms with Crippen LogP contribution in [0.25, 0.3) is 33.4 Å². The lowest BCUT2D eigenvalue weighted by atomic mass is 9.68. The van der Waals surface area contributed by atoms with Crippen LogP contribution in [0.5, 0.6) is 0 Å². The molecule has 236 valence electrons. The summed E-state index contributed by atoms with van der Waals surface area (Å²) in [4.78, 5) is 2.46. The van der Waals surface area contributed by atoms with E-state index in [1.165, 1.54) is 55.6 Å². The van der Waals surface area contributed by atoms with Crippen LogP contribution in [-0.4, -0.2) is 0 Å². The first-order valence-corrected chi connectivity index (χ1v) is 17.3. The summed E-state index contributed by atoms with van der Waals surface area (Å²) in [6, 6.07) is 77.2. The van der Waals surface area contributed by atoms with E-state index in [0.717, 1.165) is 17.1 Å². The van der Waals surface area contributed by atoms with Crippen molar-refractivity contribution in [2.24, 2.45) is 0 Å². The number of rotatable bonds is 7. The third-order valence-corrected chi connectivity index (χ3v) is 10.1. The van der Waals surface area contributed by atoms with Gasteiger partial charge in [0.2, 0.25) is 0 Å². The van der Waals surface area contributed by atoms with Crippen LogP contribution >= 0.6 is 0 Å². The molecule has 1 nitrogen and oxygen atoms in total. The summed E-state index contributed by atoms with van der Waals surface area (Å²) < 4.78 is 0. The molecule has 0 saturated carbocycles. The number of nitrogens with zero attached hydrogens (tertiary/aromatic N) is 1. The number of benzene rings is 8. The van der Waals surface area contributed by atoms with Crippen molar-refractivity contribution in [3.63, 3.8) is 0 Å². The quantitative estimate of drug-likeness (QED) is 0.168. The lowest BCUT2D eigenvalue weighted by Gasteiger charge is -2.34. The molecule has 8 aromatic carbocycles. The highest BCUT2D eigenvalue weighted by Gasteiger charge is 2.47. The fourth-order valence-corrected chi connectivity index (χ4v) is 8.00. The van der Waals surface area contributed by atoms with Crippen LogP contribution in [0.4, 0.5) is 17.1 Å². The molecule has 1 aliphatic carbocycles. The van der Waals surface area contributed by atoms with Crippen molar-refractivity contribution in [1.82, 2.24) is 0 Å². The first kappa shape index (κ1) is 29.7. The van der Waals surface area contributed by atoms with Crippen molar-refractivity contribution in [3.05, 3.63) is 235 Å². The Balaban J connectivity index is 1.37. The fraction of sp³-hybridized carbons (Fsp3) is 0.0204. The standard InChI is InChI=1S/C49H35N/c1-6-19-36(20-7-1)38-33-39(37-21-8-2-9-22-37)35-43(34-38)50(42-27-14-5-15-28-42)47-32-18-31-46-48(47)44-29-16-17-30-45(44)49(46,40-23-10-3-11-24-40)41-25-12-4-13-26-41/h1-35H. The van der Waals surface area contributed by atoms with Gasteiger partial charge in [0.15, 0.2) is 0 Å². The van der Waals surface area contributed by atoms with Crippen molar-refractivity contribution in [1.29, 1.82) is 0 Å². The van der Waals surface area contributed by atoms with E-state index in [2.05, 4.69) is 217 Å². The summed E-state index contributed by atoms with van der Waals surface area (Å²) in [5.74, 6) is 0. The van der Waals surface area contributed by atoms with Crippen LogP contribution < -0.4 is 4.90 Å². The minimum atomic E-state index is -0.478. The fourth-order valence-electron chi connectivity index (χ4n) is 8.00. The zero-order valence-corrected chi connectivity index (χ0v) is 27.7. The normalized spacial score (nSPS) is 12.6. The van der Waals surface area contributed by atoms with Crippen LogP contribution in [0, 0.1) is 0 Å². The Morgan fingerprint density at radius 2 is 0.780 bits per heavy atom. The minimum absolute atomic E-state index is 0.478. The van der Waals surface area contributed by atoms with E-state index < -0.39 is 5.41 Å². The first-order chi connectivity index (χ1) is 24.8.